The summed E-state index contributed by atoms with van der Waals surface area (Å²) in [7, 11) is -5.11. The number of hydrogen-bond acceptors (Lipinski definition) is 15. The SMILES string of the molecule is CCCC(=O)OC(C(=O)OC1CC2(O)C(OC(=O)c3ccccc3)C3C4(O)COC4CC(OCOP(=O)(O)O)[C@@]3(C)C(=O)C(O)C(=C1C)C2(C)C)C(NC(=O)c1ccccc1)c1ccccc1.[Ac].[Ac]. The summed E-state index contributed by atoms with van der Waals surface area (Å²) < 4.78 is 46.4. The zero-order valence-corrected chi connectivity index (χ0v) is 49.1. The van der Waals surface area contributed by atoms with Gasteiger partial charge in [-0.3, -0.25) is 18.9 Å². The first kappa shape index (κ1) is 57.6. The largest absolute Gasteiger partial charge is 0.471 e. The summed E-state index contributed by atoms with van der Waals surface area (Å²) in [6.07, 6.45) is -10.6. The van der Waals surface area contributed by atoms with E-state index in [4.69, 9.17) is 23.7 Å². The molecule has 2 radical (unpaired) electrons. The van der Waals surface area contributed by atoms with Gasteiger partial charge >= 0.3 is 25.7 Å². The van der Waals surface area contributed by atoms with Crippen LogP contribution in [0.15, 0.2) is 102 Å². The molecule has 1 aliphatic heterocycles. The van der Waals surface area contributed by atoms with Crippen LogP contribution in [0, 0.1) is 105 Å². The normalized spacial score (nSPS) is 29.9. The molecule has 10 unspecified atom stereocenters. The maximum Gasteiger partial charge on any atom is 0.471 e. The van der Waals surface area contributed by atoms with Gasteiger partial charge in [0.25, 0.3) is 5.91 Å². The molecule has 0 aromatic heterocycles. The van der Waals surface area contributed by atoms with Crippen molar-refractivity contribution in [1.82, 2.24) is 5.32 Å². The van der Waals surface area contributed by atoms with Gasteiger partial charge in [0.2, 0.25) is 6.10 Å². The summed E-state index contributed by atoms with van der Waals surface area (Å²) in [6, 6.07) is 22.8. The van der Waals surface area contributed by atoms with Crippen molar-refractivity contribution in [3.8, 4) is 0 Å². The van der Waals surface area contributed by atoms with E-state index in [0.29, 0.717) is 12.0 Å². The van der Waals surface area contributed by atoms with Gasteiger partial charge in [0.1, 0.15) is 35.6 Å². The summed E-state index contributed by atoms with van der Waals surface area (Å²) in [5.41, 5.74) is -7.77. The first-order valence-electron chi connectivity index (χ1n) is 22.0. The van der Waals surface area contributed by atoms with Gasteiger partial charge in [-0.05, 0) is 61.2 Å². The van der Waals surface area contributed by atoms with Gasteiger partial charge in [-0.2, -0.15) is 0 Å². The maximum absolute atomic E-state index is 15.3. The van der Waals surface area contributed by atoms with Gasteiger partial charge in [-0.25, -0.2) is 14.2 Å². The van der Waals surface area contributed by atoms with Crippen LogP contribution in [0.5, 0.6) is 0 Å². The number of Topliss-reactive ketones (excluding diaryl/α,β-unsaturated/α-hetero) is 1. The van der Waals surface area contributed by atoms with Crippen LogP contribution in [-0.2, 0) is 47.2 Å². The molecule has 7 rings (SSSR count). The zero-order valence-electron chi connectivity index (χ0n) is 38.8. The van der Waals surface area contributed by atoms with Gasteiger partial charge in [0.15, 0.2) is 12.6 Å². The molecule has 6 N–H and O–H groups in total. The number of fused-ring (bicyclic) bond motifs is 5. The van der Waals surface area contributed by atoms with Crippen LogP contribution in [0.4, 0.5) is 0 Å². The van der Waals surface area contributed by atoms with Crippen molar-refractivity contribution >= 4 is 37.4 Å². The van der Waals surface area contributed by atoms with E-state index in [0.717, 1.165) is 0 Å². The molecule has 0 spiro atoms. The van der Waals surface area contributed by atoms with Gasteiger partial charge in [0.05, 0.1) is 29.8 Å². The molecular formula is C48H56Ac2NO17P. The molecule has 366 valence electrons. The maximum atomic E-state index is 15.3. The number of phosphoric acid groups is 1. The third kappa shape index (κ3) is 11.3. The number of ether oxygens (including phenoxy) is 5. The van der Waals surface area contributed by atoms with E-state index < -0.39 is 128 Å². The third-order valence-corrected chi connectivity index (χ3v) is 14.5. The predicted octanol–water partition coefficient (Wildman–Crippen LogP) is 4.04. The number of aliphatic hydroxyl groups excluding tert-OH is 1. The van der Waals surface area contributed by atoms with Crippen molar-refractivity contribution in [2.24, 2.45) is 16.7 Å². The van der Waals surface area contributed by atoms with Crippen molar-refractivity contribution in [1.29, 1.82) is 0 Å². The number of esters is 3. The van der Waals surface area contributed by atoms with Crippen LogP contribution in [0.2, 0.25) is 0 Å². The van der Waals surface area contributed by atoms with Crippen molar-refractivity contribution in [3.05, 3.63) is 119 Å². The fourth-order valence-electron chi connectivity index (χ4n) is 10.5. The van der Waals surface area contributed by atoms with Crippen molar-refractivity contribution in [3.63, 3.8) is 0 Å². The number of rotatable bonds is 15. The molecule has 69 heavy (non-hydrogen) atoms. The summed E-state index contributed by atoms with van der Waals surface area (Å²) in [6.45, 7) is 6.10. The standard InChI is InChI=1S/C48H56NO17P.2Ac/c1-6-16-34(50)65-38(36(28-17-10-7-11-18-28)49-42(53)29-19-12-8-13-20-29)44(55)64-31-24-48(57)41(66-43(54)30-21-14-9-15-22-30)39-46(5,40(52)37(51)35(27(31)2)45(48,3)4)32(62-26-63-67(58,59)60)23-33-47(39,56)25-61-33;;/h7-15,17-22,31-33,36-39,41,51,56-57H,6,16,23-26H2,1-5H3,(H,49,53)(H2,58,59,60);;/t31?,32?,33?,36?,37?,38?,39?,41?,46-,47?,48?;;/m1../s1. The smallest absolute Gasteiger partial charge is 0.455 e. The molecule has 21 heteroatoms. The van der Waals surface area contributed by atoms with E-state index in [1.807, 2.05) is 0 Å². The fraction of sp³-hybridized carbons (Fsp3) is 0.479. The summed E-state index contributed by atoms with van der Waals surface area (Å²) in [4.78, 5) is 90.5. The second kappa shape index (κ2) is 22.9. The van der Waals surface area contributed by atoms with E-state index >= 15 is 4.79 Å². The molecule has 3 aromatic carbocycles. The van der Waals surface area contributed by atoms with Gasteiger partial charge in [0, 0.05) is 124 Å². The Morgan fingerprint density at radius 2 is 1.46 bits per heavy atom. The van der Waals surface area contributed by atoms with Crippen molar-refractivity contribution in [2.75, 3.05) is 13.4 Å². The summed E-state index contributed by atoms with van der Waals surface area (Å²) in [5.74, 6) is -6.24. The van der Waals surface area contributed by atoms with Crippen LogP contribution in [0.1, 0.15) is 92.6 Å². The number of carbonyl (C=O) groups is 5. The molecule has 2 saturated carbocycles. The Bertz CT molecular complexity index is 2440. The van der Waals surface area contributed by atoms with Crippen LogP contribution in [0.25, 0.3) is 0 Å². The van der Waals surface area contributed by atoms with Crippen LogP contribution < -0.4 is 5.32 Å². The molecule has 11 atom stereocenters. The number of amides is 1. The summed E-state index contributed by atoms with van der Waals surface area (Å²) >= 11 is 0. The van der Waals surface area contributed by atoms with Gasteiger partial charge in [-0.1, -0.05) is 87.5 Å². The second-order valence-corrected chi connectivity index (χ2v) is 19.5. The number of ketones is 1. The Balaban J connectivity index is 0.00000444. The molecule has 4 aliphatic rings. The third-order valence-electron chi connectivity index (χ3n) is 14.1. The fourth-order valence-corrected chi connectivity index (χ4v) is 10.6. The minimum absolute atomic E-state index is 0. The Morgan fingerprint density at radius 1 is 0.884 bits per heavy atom. The Morgan fingerprint density at radius 3 is 2.01 bits per heavy atom. The monoisotopic (exact) mass is 1400 g/mol. The predicted molar refractivity (Wildman–Crippen MR) is 234 cm³/mol. The first-order valence-corrected chi connectivity index (χ1v) is 23.5. The zero-order chi connectivity index (χ0) is 48.7. The Labute approximate surface area is 470 Å². The van der Waals surface area contributed by atoms with E-state index in [-0.39, 0.29) is 123 Å². The molecule has 1 saturated heterocycles. The molecule has 3 fully saturated rings. The number of phosphoric ester groups is 1. The number of carbonyl (C=O) groups excluding carboxylic acids is 5. The van der Waals surface area contributed by atoms with E-state index in [9.17, 15) is 48.8 Å². The molecule has 1 heterocycles. The quantitative estimate of drug-likeness (QED) is 0.0412. The second-order valence-electron chi connectivity index (χ2n) is 18.3. The molecule has 1 amide bonds. The van der Waals surface area contributed by atoms with Crippen molar-refractivity contribution in [2.45, 2.75) is 114 Å². The van der Waals surface area contributed by atoms with Crippen LogP contribution >= 0.6 is 7.82 Å². The summed E-state index contributed by atoms with van der Waals surface area (Å²) in [5, 5.41) is 41.6. The molecular weight excluding hydrogens is 1350 g/mol. The minimum atomic E-state index is -5.11. The van der Waals surface area contributed by atoms with Crippen LogP contribution in [0.3, 0.4) is 0 Å². The molecule has 3 aromatic rings. The van der Waals surface area contributed by atoms with E-state index in [1.54, 1.807) is 85.8 Å². The first-order chi connectivity index (χ1) is 31.6. The molecule has 18 nitrogen and oxygen atoms in total. The molecule has 3 aliphatic carbocycles. The Hall–Kier alpha value is -2.26. The van der Waals surface area contributed by atoms with Gasteiger partial charge < -0.3 is 54.1 Å². The number of benzene rings is 3. The van der Waals surface area contributed by atoms with Crippen molar-refractivity contribution < 1.29 is 170 Å². The Kier molecular flexibility index (Phi) is 19.1. The molecule has 2 bridgehead atoms. The average molecular weight is 1400 g/mol. The number of nitrogens with one attached hydrogen (secondary N) is 1. The average Bonchev–Trinajstić information content (AvgIpc) is 3.29. The minimum Gasteiger partial charge on any atom is -0.455 e. The van der Waals surface area contributed by atoms with E-state index in [1.165, 1.54) is 39.8 Å². The van der Waals surface area contributed by atoms with Gasteiger partial charge in [-0.15, -0.1) is 0 Å². The van der Waals surface area contributed by atoms with E-state index in [2.05, 4.69) is 9.84 Å². The number of aliphatic hydroxyl groups is 3. The number of hydrogen-bond donors (Lipinski definition) is 6. The topological polar surface area (TPSA) is 271 Å². The van der Waals surface area contributed by atoms with Crippen LogP contribution in [-0.4, -0.2) is 116 Å².